The fourth-order valence-electron chi connectivity index (χ4n) is 2.85. The van der Waals surface area contributed by atoms with Gasteiger partial charge in [0.1, 0.15) is 0 Å². The molecule has 1 saturated heterocycles. The fraction of sp³-hybridized carbons (Fsp3) is 0.533. The summed E-state index contributed by atoms with van der Waals surface area (Å²) >= 11 is 0. The topological polar surface area (TPSA) is 50.4 Å². The number of fused-ring (bicyclic) bond motifs is 1. The van der Waals surface area contributed by atoms with Gasteiger partial charge in [-0.05, 0) is 43.9 Å². The van der Waals surface area contributed by atoms with Gasteiger partial charge in [-0.1, -0.05) is 6.07 Å². The Kier molecular flexibility index (Phi) is 3.42. The van der Waals surface area contributed by atoms with E-state index in [2.05, 4.69) is 16.7 Å². The third-order valence-corrected chi connectivity index (χ3v) is 4.03. The summed E-state index contributed by atoms with van der Waals surface area (Å²) in [5, 5.41) is 6.38. The van der Waals surface area contributed by atoms with Crippen LogP contribution in [0.2, 0.25) is 0 Å². The molecular formula is C15H20N2O2. The van der Waals surface area contributed by atoms with Crippen LogP contribution in [0.1, 0.15) is 25.3 Å². The summed E-state index contributed by atoms with van der Waals surface area (Å²) in [5.41, 5.74) is 3.36. The molecule has 102 valence electrons. The molecular weight excluding hydrogens is 240 g/mol. The first-order chi connectivity index (χ1) is 9.24. The second kappa shape index (κ2) is 5.21. The number of anilines is 2. The van der Waals surface area contributed by atoms with E-state index >= 15 is 0 Å². The van der Waals surface area contributed by atoms with Crippen molar-refractivity contribution in [3.63, 3.8) is 0 Å². The Morgan fingerprint density at radius 2 is 2.37 bits per heavy atom. The molecule has 0 bridgehead atoms. The second-order valence-electron chi connectivity index (χ2n) is 5.36. The van der Waals surface area contributed by atoms with Gasteiger partial charge in [0.15, 0.2) is 0 Å². The Labute approximate surface area is 113 Å². The van der Waals surface area contributed by atoms with E-state index in [9.17, 15) is 4.79 Å². The number of rotatable bonds is 2. The summed E-state index contributed by atoms with van der Waals surface area (Å²) in [6, 6.07) is 6.13. The predicted octanol–water partition coefficient (Wildman–Crippen LogP) is 2.41. The Hall–Kier alpha value is -1.55. The van der Waals surface area contributed by atoms with Gasteiger partial charge in [0.05, 0.1) is 12.0 Å². The summed E-state index contributed by atoms with van der Waals surface area (Å²) in [6.07, 6.45) is 3.13. The van der Waals surface area contributed by atoms with Crippen LogP contribution in [0.3, 0.4) is 0 Å². The molecule has 0 radical (unpaired) electrons. The maximum atomic E-state index is 12.2. The van der Waals surface area contributed by atoms with E-state index in [0.717, 1.165) is 30.8 Å². The van der Waals surface area contributed by atoms with Crippen molar-refractivity contribution in [3.05, 3.63) is 23.8 Å². The number of ether oxygens (including phenoxy) is 1. The van der Waals surface area contributed by atoms with Crippen molar-refractivity contribution in [3.8, 4) is 0 Å². The van der Waals surface area contributed by atoms with Crippen LogP contribution >= 0.6 is 0 Å². The molecule has 0 aromatic heterocycles. The largest absolute Gasteiger partial charge is 0.385 e. The average Bonchev–Trinajstić information content (AvgIpc) is 2.85. The van der Waals surface area contributed by atoms with Crippen molar-refractivity contribution < 1.29 is 9.53 Å². The van der Waals surface area contributed by atoms with Gasteiger partial charge < -0.3 is 15.4 Å². The quantitative estimate of drug-likeness (QED) is 0.858. The lowest BCUT2D eigenvalue weighted by Gasteiger charge is -2.20. The Bertz CT molecular complexity index is 487. The van der Waals surface area contributed by atoms with Crippen LogP contribution in [0, 0.1) is 5.92 Å². The lowest BCUT2D eigenvalue weighted by Crippen LogP contribution is -2.27. The van der Waals surface area contributed by atoms with Crippen LogP contribution < -0.4 is 10.6 Å². The number of hydrogen-bond donors (Lipinski definition) is 2. The molecule has 2 aliphatic rings. The van der Waals surface area contributed by atoms with Crippen molar-refractivity contribution in [2.45, 2.75) is 32.3 Å². The number of benzene rings is 1. The highest BCUT2D eigenvalue weighted by Crippen LogP contribution is 2.27. The Morgan fingerprint density at radius 3 is 3.16 bits per heavy atom. The minimum atomic E-state index is -0.0241. The van der Waals surface area contributed by atoms with E-state index in [1.165, 1.54) is 12.0 Å². The van der Waals surface area contributed by atoms with Crippen molar-refractivity contribution in [1.82, 2.24) is 0 Å². The number of amides is 1. The Morgan fingerprint density at radius 1 is 1.47 bits per heavy atom. The summed E-state index contributed by atoms with van der Waals surface area (Å²) in [7, 11) is 0. The molecule has 0 saturated carbocycles. The van der Waals surface area contributed by atoms with E-state index in [0.29, 0.717) is 6.61 Å². The molecule has 2 N–H and O–H groups in total. The van der Waals surface area contributed by atoms with E-state index in [4.69, 9.17) is 4.74 Å². The first-order valence-electron chi connectivity index (χ1n) is 7.03. The lowest BCUT2D eigenvalue weighted by atomic mass is 10.0. The van der Waals surface area contributed by atoms with Crippen LogP contribution in [0.25, 0.3) is 0 Å². The van der Waals surface area contributed by atoms with Gasteiger partial charge in [-0.2, -0.15) is 0 Å². The molecule has 0 aliphatic carbocycles. The van der Waals surface area contributed by atoms with Gasteiger partial charge in [0.25, 0.3) is 0 Å². The van der Waals surface area contributed by atoms with Crippen molar-refractivity contribution in [2.75, 3.05) is 23.8 Å². The predicted molar refractivity (Wildman–Crippen MR) is 75.4 cm³/mol. The smallest absolute Gasteiger partial charge is 0.230 e. The molecule has 2 aliphatic heterocycles. The third kappa shape index (κ3) is 2.59. The van der Waals surface area contributed by atoms with Gasteiger partial charge in [-0.25, -0.2) is 0 Å². The molecule has 4 heteroatoms. The lowest BCUT2D eigenvalue weighted by molar-refractivity contribution is -0.121. The maximum absolute atomic E-state index is 12.2. The molecule has 3 rings (SSSR count). The van der Waals surface area contributed by atoms with Crippen LogP contribution in [0.15, 0.2) is 18.2 Å². The van der Waals surface area contributed by atoms with Crippen LogP contribution in [-0.2, 0) is 16.0 Å². The van der Waals surface area contributed by atoms with Gasteiger partial charge in [-0.15, -0.1) is 0 Å². The highest BCUT2D eigenvalue weighted by atomic mass is 16.5. The third-order valence-electron chi connectivity index (χ3n) is 4.03. The van der Waals surface area contributed by atoms with E-state index in [1.807, 2.05) is 19.1 Å². The van der Waals surface area contributed by atoms with Gasteiger partial charge in [0, 0.05) is 24.5 Å². The van der Waals surface area contributed by atoms with E-state index in [1.54, 1.807) is 0 Å². The second-order valence-corrected chi connectivity index (χ2v) is 5.36. The van der Waals surface area contributed by atoms with Crippen molar-refractivity contribution in [2.24, 2.45) is 5.92 Å². The van der Waals surface area contributed by atoms with Gasteiger partial charge in [0.2, 0.25) is 5.91 Å². The van der Waals surface area contributed by atoms with Crippen LogP contribution in [0.5, 0.6) is 0 Å². The maximum Gasteiger partial charge on any atom is 0.230 e. The number of carbonyl (C=O) groups excluding carboxylic acids is 1. The van der Waals surface area contributed by atoms with E-state index in [-0.39, 0.29) is 17.9 Å². The average molecular weight is 260 g/mol. The molecule has 2 atom stereocenters. The molecule has 1 amide bonds. The summed E-state index contributed by atoms with van der Waals surface area (Å²) in [6.45, 7) is 3.66. The van der Waals surface area contributed by atoms with Crippen molar-refractivity contribution >= 4 is 17.3 Å². The molecule has 19 heavy (non-hydrogen) atoms. The van der Waals surface area contributed by atoms with Gasteiger partial charge >= 0.3 is 0 Å². The molecule has 2 unspecified atom stereocenters. The number of aryl methyl sites for hydroxylation is 1. The zero-order valence-electron chi connectivity index (χ0n) is 11.2. The van der Waals surface area contributed by atoms with Crippen LogP contribution in [0.4, 0.5) is 11.4 Å². The zero-order valence-corrected chi connectivity index (χ0v) is 11.2. The highest BCUT2D eigenvalue weighted by molar-refractivity contribution is 5.93. The molecule has 1 aromatic carbocycles. The van der Waals surface area contributed by atoms with Crippen LogP contribution in [-0.4, -0.2) is 25.2 Å². The first kappa shape index (κ1) is 12.5. The minimum Gasteiger partial charge on any atom is -0.385 e. The summed E-state index contributed by atoms with van der Waals surface area (Å²) in [5.74, 6) is 0.0461. The zero-order chi connectivity index (χ0) is 13.2. The Balaban J connectivity index is 1.71. The standard InChI is InChI=1S/C15H20N2O2/c1-10-13(6-8-19-10)15(18)17-12-5-4-11-3-2-7-16-14(11)9-12/h4-5,9-10,13,16H,2-3,6-8H2,1H3,(H,17,18). The molecule has 1 fully saturated rings. The first-order valence-corrected chi connectivity index (χ1v) is 7.03. The molecule has 0 spiro atoms. The minimum absolute atomic E-state index is 0.0238. The monoisotopic (exact) mass is 260 g/mol. The fourth-order valence-corrected chi connectivity index (χ4v) is 2.85. The number of nitrogens with one attached hydrogen (secondary N) is 2. The SMILES string of the molecule is CC1OCCC1C(=O)Nc1ccc2c(c1)NCCC2. The number of carbonyl (C=O) groups is 1. The number of hydrogen-bond acceptors (Lipinski definition) is 3. The molecule has 4 nitrogen and oxygen atoms in total. The normalized spacial score (nSPS) is 25.5. The molecule has 1 aromatic rings. The van der Waals surface area contributed by atoms with E-state index < -0.39 is 0 Å². The van der Waals surface area contributed by atoms with Gasteiger partial charge in [-0.3, -0.25) is 4.79 Å². The van der Waals surface area contributed by atoms with Crippen molar-refractivity contribution in [1.29, 1.82) is 0 Å². The summed E-state index contributed by atoms with van der Waals surface area (Å²) < 4.78 is 5.44. The molecule has 2 heterocycles. The highest BCUT2D eigenvalue weighted by Gasteiger charge is 2.30. The summed E-state index contributed by atoms with van der Waals surface area (Å²) in [4.78, 5) is 12.2.